The Morgan fingerprint density at radius 2 is 1.90 bits per heavy atom. The van der Waals surface area contributed by atoms with Crippen LogP contribution in [0.3, 0.4) is 0 Å². The van der Waals surface area contributed by atoms with Crippen molar-refractivity contribution in [1.82, 2.24) is 5.32 Å². The summed E-state index contributed by atoms with van der Waals surface area (Å²) in [6.45, 7) is 10.5. The van der Waals surface area contributed by atoms with E-state index in [9.17, 15) is 4.79 Å². The van der Waals surface area contributed by atoms with Gasteiger partial charge in [0.15, 0.2) is 0 Å². The average Bonchev–Trinajstić information content (AvgIpc) is 2.41. The molecule has 0 radical (unpaired) electrons. The summed E-state index contributed by atoms with van der Waals surface area (Å²) in [6.07, 6.45) is 0.151. The number of hydrogen-bond donors (Lipinski definition) is 2. The summed E-state index contributed by atoms with van der Waals surface area (Å²) in [5.41, 5.74) is 1.16. The molecule has 0 amide bonds. The molecule has 0 unspecified atom stereocenters. The van der Waals surface area contributed by atoms with Gasteiger partial charge < -0.3 is 15.2 Å². The first-order valence-electron chi connectivity index (χ1n) is 7.47. The van der Waals surface area contributed by atoms with Crippen molar-refractivity contribution in [3.05, 3.63) is 29.8 Å². The van der Waals surface area contributed by atoms with Crippen LogP contribution in [-0.2, 0) is 10.2 Å². The molecule has 0 aliphatic heterocycles. The molecule has 0 atom stereocenters. The smallest absolute Gasteiger partial charge is 0.304 e. The molecule has 1 rings (SSSR count). The van der Waals surface area contributed by atoms with Crippen molar-refractivity contribution in [1.29, 1.82) is 0 Å². The van der Waals surface area contributed by atoms with Crippen molar-refractivity contribution in [2.45, 2.75) is 39.5 Å². The standard InChI is InChI=1S/C17H27NO3/c1-13(2)11-21-15-7-5-14(6-8-15)17(3,4)12-18-10-9-16(19)20/h5-8,13,18H,9-12H2,1-4H3,(H,19,20). The summed E-state index contributed by atoms with van der Waals surface area (Å²) in [7, 11) is 0. The second-order valence-electron chi connectivity index (χ2n) is 6.43. The van der Waals surface area contributed by atoms with Crippen LogP contribution in [0.15, 0.2) is 24.3 Å². The van der Waals surface area contributed by atoms with Crippen molar-refractivity contribution < 1.29 is 14.6 Å². The average molecular weight is 293 g/mol. The molecule has 0 bridgehead atoms. The van der Waals surface area contributed by atoms with Crippen LogP contribution in [-0.4, -0.2) is 30.8 Å². The van der Waals surface area contributed by atoms with E-state index in [1.165, 1.54) is 5.56 Å². The number of nitrogens with one attached hydrogen (secondary N) is 1. The predicted octanol–water partition coefficient (Wildman–Crippen LogP) is 3.06. The Kier molecular flexibility index (Phi) is 6.69. The summed E-state index contributed by atoms with van der Waals surface area (Å²) in [6, 6.07) is 8.15. The lowest BCUT2D eigenvalue weighted by molar-refractivity contribution is -0.136. The lowest BCUT2D eigenvalue weighted by atomic mass is 9.84. The maximum atomic E-state index is 10.5. The van der Waals surface area contributed by atoms with Crippen LogP contribution in [0, 0.1) is 5.92 Å². The van der Waals surface area contributed by atoms with Crippen molar-refractivity contribution in [2.24, 2.45) is 5.92 Å². The topological polar surface area (TPSA) is 58.6 Å². The maximum Gasteiger partial charge on any atom is 0.304 e. The van der Waals surface area contributed by atoms with Crippen LogP contribution in [0.4, 0.5) is 0 Å². The zero-order valence-corrected chi connectivity index (χ0v) is 13.5. The fourth-order valence-corrected chi connectivity index (χ4v) is 1.96. The predicted molar refractivity (Wildman–Crippen MR) is 84.9 cm³/mol. The van der Waals surface area contributed by atoms with E-state index in [0.717, 1.165) is 18.9 Å². The molecule has 1 aromatic rings. The number of carboxylic acids is 1. The van der Waals surface area contributed by atoms with Gasteiger partial charge in [-0.2, -0.15) is 0 Å². The van der Waals surface area contributed by atoms with Gasteiger partial charge >= 0.3 is 5.97 Å². The Balaban J connectivity index is 2.52. The number of benzene rings is 1. The van der Waals surface area contributed by atoms with Crippen LogP contribution >= 0.6 is 0 Å². The highest BCUT2D eigenvalue weighted by molar-refractivity contribution is 5.66. The normalized spacial score (nSPS) is 11.7. The third-order valence-corrected chi connectivity index (χ3v) is 3.30. The van der Waals surface area contributed by atoms with Crippen LogP contribution in [0.1, 0.15) is 39.7 Å². The molecule has 2 N–H and O–H groups in total. The fourth-order valence-electron chi connectivity index (χ4n) is 1.96. The Hall–Kier alpha value is -1.55. The minimum absolute atomic E-state index is 0.0465. The summed E-state index contributed by atoms with van der Waals surface area (Å²) in [5.74, 6) is 0.633. The lowest BCUT2D eigenvalue weighted by Gasteiger charge is -2.26. The van der Waals surface area contributed by atoms with Crippen LogP contribution in [0.5, 0.6) is 5.75 Å². The van der Waals surface area contributed by atoms with Crippen LogP contribution < -0.4 is 10.1 Å². The SMILES string of the molecule is CC(C)COc1ccc(C(C)(C)CNCCC(=O)O)cc1. The molecule has 4 heteroatoms. The minimum atomic E-state index is -0.771. The molecule has 0 aromatic heterocycles. The third-order valence-electron chi connectivity index (χ3n) is 3.30. The summed E-state index contributed by atoms with van der Waals surface area (Å²) >= 11 is 0. The van der Waals surface area contributed by atoms with Gasteiger partial charge in [0.25, 0.3) is 0 Å². The van der Waals surface area contributed by atoms with Gasteiger partial charge in [-0.1, -0.05) is 39.8 Å². The highest BCUT2D eigenvalue weighted by atomic mass is 16.5. The van der Waals surface area contributed by atoms with Crippen molar-refractivity contribution in [3.8, 4) is 5.75 Å². The van der Waals surface area contributed by atoms with E-state index in [-0.39, 0.29) is 11.8 Å². The quantitative estimate of drug-likeness (QED) is 0.687. The van der Waals surface area contributed by atoms with E-state index in [1.54, 1.807) is 0 Å². The van der Waals surface area contributed by atoms with Gasteiger partial charge in [0.05, 0.1) is 13.0 Å². The van der Waals surface area contributed by atoms with E-state index in [0.29, 0.717) is 12.5 Å². The van der Waals surface area contributed by atoms with E-state index in [2.05, 4.69) is 45.1 Å². The van der Waals surface area contributed by atoms with E-state index in [4.69, 9.17) is 9.84 Å². The summed E-state index contributed by atoms with van der Waals surface area (Å²) in [5, 5.41) is 11.8. The Bertz CT molecular complexity index is 438. The van der Waals surface area contributed by atoms with Gasteiger partial charge in [-0.05, 0) is 23.6 Å². The lowest BCUT2D eigenvalue weighted by Crippen LogP contribution is -2.34. The van der Waals surface area contributed by atoms with Crippen molar-refractivity contribution in [2.75, 3.05) is 19.7 Å². The van der Waals surface area contributed by atoms with E-state index >= 15 is 0 Å². The Labute approximate surface area is 127 Å². The van der Waals surface area contributed by atoms with Gasteiger partial charge in [0.2, 0.25) is 0 Å². The highest BCUT2D eigenvalue weighted by Gasteiger charge is 2.20. The Morgan fingerprint density at radius 1 is 1.29 bits per heavy atom. The first-order chi connectivity index (χ1) is 9.81. The molecule has 0 heterocycles. The molecule has 21 heavy (non-hydrogen) atoms. The molecular formula is C17H27NO3. The minimum Gasteiger partial charge on any atom is -0.493 e. The molecule has 0 spiro atoms. The largest absolute Gasteiger partial charge is 0.493 e. The molecule has 4 nitrogen and oxygen atoms in total. The first kappa shape index (κ1) is 17.5. The zero-order valence-electron chi connectivity index (χ0n) is 13.5. The molecule has 0 fully saturated rings. The van der Waals surface area contributed by atoms with Crippen LogP contribution in [0.2, 0.25) is 0 Å². The first-order valence-corrected chi connectivity index (χ1v) is 7.47. The summed E-state index contributed by atoms with van der Waals surface area (Å²) < 4.78 is 5.68. The molecule has 0 aliphatic carbocycles. The van der Waals surface area contributed by atoms with Crippen molar-refractivity contribution >= 4 is 5.97 Å². The second-order valence-corrected chi connectivity index (χ2v) is 6.43. The van der Waals surface area contributed by atoms with Gasteiger partial charge in [-0.3, -0.25) is 4.79 Å². The fraction of sp³-hybridized carbons (Fsp3) is 0.588. The molecule has 0 saturated heterocycles. The molecular weight excluding hydrogens is 266 g/mol. The number of hydrogen-bond acceptors (Lipinski definition) is 3. The maximum absolute atomic E-state index is 10.5. The molecule has 0 aliphatic rings. The number of carboxylic acid groups (broad SMARTS) is 1. The zero-order chi connectivity index (χ0) is 15.9. The monoisotopic (exact) mass is 293 g/mol. The number of rotatable bonds is 9. The number of carbonyl (C=O) groups is 1. The van der Waals surface area contributed by atoms with Gasteiger partial charge in [-0.25, -0.2) is 0 Å². The van der Waals surface area contributed by atoms with Gasteiger partial charge in [0.1, 0.15) is 5.75 Å². The Morgan fingerprint density at radius 3 is 2.43 bits per heavy atom. The molecule has 118 valence electrons. The summed E-state index contributed by atoms with van der Waals surface area (Å²) in [4.78, 5) is 10.5. The number of aliphatic carboxylic acids is 1. The van der Waals surface area contributed by atoms with Crippen LogP contribution in [0.25, 0.3) is 0 Å². The molecule has 1 aromatic carbocycles. The van der Waals surface area contributed by atoms with Crippen molar-refractivity contribution in [3.63, 3.8) is 0 Å². The third kappa shape index (κ3) is 6.63. The van der Waals surface area contributed by atoms with Gasteiger partial charge in [-0.15, -0.1) is 0 Å². The molecule has 0 saturated carbocycles. The van der Waals surface area contributed by atoms with E-state index < -0.39 is 5.97 Å². The highest BCUT2D eigenvalue weighted by Crippen LogP contribution is 2.24. The van der Waals surface area contributed by atoms with Gasteiger partial charge in [0, 0.05) is 18.5 Å². The van der Waals surface area contributed by atoms with E-state index in [1.807, 2.05) is 12.1 Å². The second kappa shape index (κ2) is 8.03. The number of ether oxygens (including phenoxy) is 1.